The number of ether oxygens (including phenoxy) is 2. The van der Waals surface area contributed by atoms with Gasteiger partial charge < -0.3 is 14.8 Å². The van der Waals surface area contributed by atoms with Gasteiger partial charge in [0.2, 0.25) is 5.88 Å². The van der Waals surface area contributed by atoms with Crippen LogP contribution in [0.4, 0.5) is 0 Å². The van der Waals surface area contributed by atoms with Crippen LogP contribution in [0.15, 0.2) is 18.3 Å². The lowest BCUT2D eigenvalue weighted by Gasteiger charge is -2.08. The largest absolute Gasteiger partial charge is 0.476 e. The first-order chi connectivity index (χ1) is 7.79. The van der Waals surface area contributed by atoms with E-state index in [1.165, 1.54) is 7.11 Å². The van der Waals surface area contributed by atoms with E-state index in [9.17, 15) is 4.79 Å². The van der Waals surface area contributed by atoms with E-state index in [0.717, 1.165) is 6.54 Å². The fourth-order valence-electron chi connectivity index (χ4n) is 1.17. The van der Waals surface area contributed by atoms with Crippen molar-refractivity contribution in [2.75, 3.05) is 26.8 Å². The topological polar surface area (TPSA) is 60.5 Å². The number of hydrogen-bond acceptors (Lipinski definition) is 5. The first-order valence-corrected chi connectivity index (χ1v) is 5.16. The number of nitrogens with zero attached hydrogens (tertiary/aromatic N) is 1. The van der Waals surface area contributed by atoms with Crippen molar-refractivity contribution in [3.63, 3.8) is 0 Å². The minimum absolute atomic E-state index is 0.312. The Bertz CT molecular complexity index is 342. The zero-order valence-corrected chi connectivity index (χ0v) is 9.53. The molecule has 5 heteroatoms. The van der Waals surface area contributed by atoms with E-state index in [4.69, 9.17) is 4.74 Å². The summed E-state index contributed by atoms with van der Waals surface area (Å²) in [7, 11) is 1.33. The molecule has 16 heavy (non-hydrogen) atoms. The molecule has 0 aliphatic carbocycles. The molecule has 1 N–H and O–H groups in total. The van der Waals surface area contributed by atoms with E-state index in [-0.39, 0.29) is 0 Å². The molecule has 1 rings (SSSR count). The molecule has 0 aliphatic heterocycles. The summed E-state index contributed by atoms with van der Waals surface area (Å²) in [6.07, 6.45) is 1.58. The van der Waals surface area contributed by atoms with Crippen molar-refractivity contribution in [1.29, 1.82) is 0 Å². The predicted octanol–water partition coefficient (Wildman–Crippen LogP) is 0.856. The van der Waals surface area contributed by atoms with Crippen LogP contribution in [-0.2, 0) is 4.74 Å². The molecule has 0 fully saturated rings. The van der Waals surface area contributed by atoms with Crippen LogP contribution in [0.2, 0.25) is 0 Å². The van der Waals surface area contributed by atoms with Gasteiger partial charge in [0.15, 0.2) is 0 Å². The molecule has 0 aromatic carbocycles. The van der Waals surface area contributed by atoms with Crippen molar-refractivity contribution in [3.05, 3.63) is 23.9 Å². The Morgan fingerprint density at radius 1 is 1.56 bits per heavy atom. The van der Waals surface area contributed by atoms with E-state index < -0.39 is 5.97 Å². The first-order valence-electron chi connectivity index (χ1n) is 5.16. The van der Waals surface area contributed by atoms with Crippen LogP contribution in [0.25, 0.3) is 0 Å². The van der Waals surface area contributed by atoms with Crippen LogP contribution >= 0.6 is 0 Å². The molecule has 0 saturated carbocycles. The number of rotatable bonds is 6. The molecule has 0 spiro atoms. The second-order valence-corrected chi connectivity index (χ2v) is 3.05. The maximum Gasteiger partial charge on any atom is 0.343 e. The fourth-order valence-corrected chi connectivity index (χ4v) is 1.17. The van der Waals surface area contributed by atoms with Crippen LogP contribution in [0.1, 0.15) is 17.3 Å². The lowest BCUT2D eigenvalue weighted by Crippen LogP contribution is -2.21. The summed E-state index contributed by atoms with van der Waals surface area (Å²) in [5.74, 6) is -0.126. The van der Waals surface area contributed by atoms with Crippen molar-refractivity contribution in [1.82, 2.24) is 10.3 Å². The Morgan fingerprint density at radius 2 is 2.38 bits per heavy atom. The molecule has 1 aromatic heterocycles. The van der Waals surface area contributed by atoms with Gasteiger partial charge in [-0.05, 0) is 18.7 Å². The van der Waals surface area contributed by atoms with Gasteiger partial charge >= 0.3 is 5.97 Å². The molecule has 0 radical (unpaired) electrons. The number of hydrogen-bond donors (Lipinski definition) is 1. The summed E-state index contributed by atoms with van der Waals surface area (Å²) < 4.78 is 10.0. The monoisotopic (exact) mass is 224 g/mol. The van der Waals surface area contributed by atoms with Gasteiger partial charge in [-0.1, -0.05) is 6.92 Å². The Labute approximate surface area is 94.8 Å². The van der Waals surface area contributed by atoms with Crippen molar-refractivity contribution in [2.45, 2.75) is 6.92 Å². The Balaban J connectivity index is 2.60. The summed E-state index contributed by atoms with van der Waals surface area (Å²) in [4.78, 5) is 15.4. The highest BCUT2D eigenvalue weighted by Gasteiger charge is 2.13. The molecule has 88 valence electrons. The second kappa shape index (κ2) is 6.79. The van der Waals surface area contributed by atoms with Crippen molar-refractivity contribution in [2.24, 2.45) is 0 Å². The minimum atomic E-state index is -0.438. The summed E-state index contributed by atoms with van der Waals surface area (Å²) in [6.45, 7) is 4.08. The van der Waals surface area contributed by atoms with Gasteiger partial charge in [0.05, 0.1) is 7.11 Å². The van der Waals surface area contributed by atoms with Crippen molar-refractivity contribution in [3.8, 4) is 5.88 Å². The Kier molecular flexibility index (Phi) is 5.28. The fraction of sp³-hybridized carbons (Fsp3) is 0.455. The van der Waals surface area contributed by atoms with E-state index in [2.05, 4.69) is 15.0 Å². The van der Waals surface area contributed by atoms with Crippen molar-refractivity contribution >= 4 is 5.97 Å². The molecule has 1 aromatic rings. The number of nitrogens with one attached hydrogen (secondary N) is 1. The number of likely N-dealkylation sites (N-methyl/N-ethyl adjacent to an activating group) is 1. The summed E-state index contributed by atoms with van der Waals surface area (Å²) in [6, 6.07) is 3.30. The number of methoxy groups -OCH3 is 1. The number of carbonyl (C=O) groups is 1. The summed E-state index contributed by atoms with van der Waals surface area (Å²) in [5.41, 5.74) is 0.349. The standard InChI is InChI=1S/C11H16N2O3/c1-3-12-7-8-16-10-9(11(14)15-2)5-4-6-13-10/h4-6,12H,3,7-8H2,1-2H3. The normalized spacial score (nSPS) is 9.88. The van der Waals surface area contributed by atoms with Crippen LogP contribution < -0.4 is 10.1 Å². The molecular formula is C11H16N2O3. The quantitative estimate of drug-likeness (QED) is 0.573. The van der Waals surface area contributed by atoms with Gasteiger partial charge in [-0.2, -0.15) is 0 Å². The van der Waals surface area contributed by atoms with Crippen LogP contribution in [0.3, 0.4) is 0 Å². The lowest BCUT2D eigenvalue weighted by molar-refractivity contribution is 0.0595. The third kappa shape index (κ3) is 3.51. The number of esters is 1. The average molecular weight is 224 g/mol. The van der Waals surface area contributed by atoms with Crippen LogP contribution in [-0.4, -0.2) is 37.8 Å². The third-order valence-electron chi connectivity index (χ3n) is 1.94. The smallest absolute Gasteiger partial charge is 0.343 e. The van der Waals surface area contributed by atoms with Gasteiger partial charge in [-0.15, -0.1) is 0 Å². The van der Waals surface area contributed by atoms with E-state index in [0.29, 0.717) is 24.6 Å². The third-order valence-corrected chi connectivity index (χ3v) is 1.94. The van der Waals surface area contributed by atoms with Crippen LogP contribution in [0, 0.1) is 0 Å². The van der Waals surface area contributed by atoms with Crippen LogP contribution in [0.5, 0.6) is 5.88 Å². The molecule has 5 nitrogen and oxygen atoms in total. The van der Waals surface area contributed by atoms with Gasteiger partial charge in [0, 0.05) is 12.7 Å². The lowest BCUT2D eigenvalue weighted by atomic mass is 10.3. The zero-order chi connectivity index (χ0) is 11.8. The highest BCUT2D eigenvalue weighted by molar-refractivity contribution is 5.91. The maximum atomic E-state index is 11.4. The number of carbonyl (C=O) groups excluding carboxylic acids is 1. The molecule has 1 heterocycles. The van der Waals surface area contributed by atoms with Gasteiger partial charge in [-0.3, -0.25) is 0 Å². The zero-order valence-electron chi connectivity index (χ0n) is 9.53. The Morgan fingerprint density at radius 3 is 3.06 bits per heavy atom. The van der Waals surface area contributed by atoms with E-state index in [1.807, 2.05) is 6.92 Å². The average Bonchev–Trinajstić information content (AvgIpc) is 2.34. The number of aromatic nitrogens is 1. The van der Waals surface area contributed by atoms with Crippen molar-refractivity contribution < 1.29 is 14.3 Å². The first kappa shape index (κ1) is 12.4. The SMILES string of the molecule is CCNCCOc1ncccc1C(=O)OC. The minimum Gasteiger partial charge on any atom is -0.476 e. The molecule has 0 unspecified atom stereocenters. The molecule has 0 amide bonds. The molecular weight excluding hydrogens is 208 g/mol. The highest BCUT2D eigenvalue weighted by Crippen LogP contribution is 2.14. The number of pyridine rings is 1. The molecule has 0 aliphatic rings. The second-order valence-electron chi connectivity index (χ2n) is 3.05. The van der Waals surface area contributed by atoms with Gasteiger partial charge in [0.1, 0.15) is 12.2 Å². The van der Waals surface area contributed by atoms with Gasteiger partial charge in [0.25, 0.3) is 0 Å². The van der Waals surface area contributed by atoms with Gasteiger partial charge in [-0.25, -0.2) is 9.78 Å². The highest BCUT2D eigenvalue weighted by atomic mass is 16.5. The molecule has 0 atom stereocenters. The Hall–Kier alpha value is -1.62. The molecule has 0 bridgehead atoms. The summed E-state index contributed by atoms with van der Waals surface area (Å²) in [5, 5.41) is 3.11. The summed E-state index contributed by atoms with van der Waals surface area (Å²) >= 11 is 0. The maximum absolute atomic E-state index is 11.4. The van der Waals surface area contributed by atoms with E-state index in [1.54, 1.807) is 18.3 Å². The van der Waals surface area contributed by atoms with E-state index >= 15 is 0 Å². The predicted molar refractivity (Wildman–Crippen MR) is 59.6 cm³/mol. The molecule has 0 saturated heterocycles.